The second-order valence-corrected chi connectivity index (χ2v) is 1.99. The van der Waals surface area contributed by atoms with Gasteiger partial charge in [-0.3, -0.25) is 0 Å². The summed E-state index contributed by atoms with van der Waals surface area (Å²) in [6, 6.07) is 0. The number of halogens is 2. The summed E-state index contributed by atoms with van der Waals surface area (Å²) in [5, 5.41) is 0. The van der Waals surface area contributed by atoms with E-state index < -0.39 is 12.2 Å². The average Bonchev–Trinajstić information content (AvgIpc) is 1.61. The third-order valence-electron chi connectivity index (χ3n) is 1.05. The van der Waals surface area contributed by atoms with Gasteiger partial charge >= 0.3 is 0 Å². The van der Waals surface area contributed by atoms with E-state index >= 15 is 0 Å². The van der Waals surface area contributed by atoms with Crippen LogP contribution < -0.4 is 5.73 Å². The Bertz CT molecular complexity index is 70.9. The van der Waals surface area contributed by atoms with Crippen molar-refractivity contribution < 1.29 is 9.13 Å². The van der Waals surface area contributed by atoms with Gasteiger partial charge in [-0.15, -0.1) is 12.4 Å². The smallest absolute Gasteiger partial charge is 0.112 e. The predicted octanol–water partition coefficient (Wildman–Crippen LogP) is 0.105. The molecule has 1 rings (SSSR count). The lowest BCUT2D eigenvalue weighted by atomic mass is 10.0. The van der Waals surface area contributed by atoms with E-state index in [2.05, 4.69) is 4.74 Å². The number of alkyl halides is 1. The molecule has 1 heterocycles. The van der Waals surface area contributed by atoms with E-state index in [1.807, 2.05) is 0 Å². The molecular weight excluding hydrogens is 133 g/mol. The molecule has 0 aliphatic carbocycles. The number of rotatable bonds is 1. The Kier molecular flexibility index (Phi) is 2.66. The van der Waals surface area contributed by atoms with Gasteiger partial charge in [-0.25, -0.2) is 4.39 Å². The summed E-state index contributed by atoms with van der Waals surface area (Å²) < 4.78 is 16.3. The Morgan fingerprint density at radius 2 is 2.12 bits per heavy atom. The lowest BCUT2D eigenvalue weighted by Gasteiger charge is -2.34. The second-order valence-electron chi connectivity index (χ2n) is 1.99. The van der Waals surface area contributed by atoms with E-state index in [-0.39, 0.29) is 12.4 Å². The third kappa shape index (κ3) is 1.31. The minimum atomic E-state index is -0.625. The molecule has 0 saturated carbocycles. The Labute approximate surface area is 53.6 Å². The normalized spacial score (nSPS) is 23.2. The molecule has 1 fully saturated rings. The highest BCUT2D eigenvalue weighted by Crippen LogP contribution is 2.12. The van der Waals surface area contributed by atoms with Crippen molar-refractivity contribution in [3.05, 3.63) is 0 Å². The predicted molar refractivity (Wildman–Crippen MR) is 31.0 cm³/mol. The highest BCUT2D eigenvalue weighted by atomic mass is 35.5. The first-order valence-corrected chi connectivity index (χ1v) is 2.19. The van der Waals surface area contributed by atoms with Gasteiger partial charge in [0.15, 0.2) is 0 Å². The van der Waals surface area contributed by atoms with Crippen molar-refractivity contribution in [2.24, 2.45) is 5.73 Å². The molecular formula is C4H9ClFNO. The van der Waals surface area contributed by atoms with Crippen molar-refractivity contribution in [2.45, 2.75) is 5.54 Å². The van der Waals surface area contributed by atoms with Crippen molar-refractivity contribution in [3.63, 3.8) is 0 Å². The van der Waals surface area contributed by atoms with Crippen LogP contribution in [-0.2, 0) is 4.74 Å². The quantitative estimate of drug-likeness (QED) is 0.563. The monoisotopic (exact) mass is 141 g/mol. The summed E-state index contributed by atoms with van der Waals surface area (Å²) in [4.78, 5) is 0. The standard InChI is InChI=1S/C4H8FNO.ClH/c5-1-4(6)2-7-3-4;/h1-3,6H2;1H. The average molecular weight is 142 g/mol. The Morgan fingerprint density at radius 1 is 1.62 bits per heavy atom. The molecule has 2 nitrogen and oxygen atoms in total. The number of nitrogens with two attached hydrogens (primary N) is 1. The molecule has 8 heavy (non-hydrogen) atoms. The second kappa shape index (κ2) is 2.62. The summed E-state index contributed by atoms with van der Waals surface area (Å²) in [5.41, 5.74) is 4.68. The van der Waals surface area contributed by atoms with Crippen molar-refractivity contribution in [3.8, 4) is 0 Å². The third-order valence-corrected chi connectivity index (χ3v) is 1.05. The van der Waals surface area contributed by atoms with Gasteiger partial charge in [0.25, 0.3) is 0 Å². The first-order valence-electron chi connectivity index (χ1n) is 2.19. The van der Waals surface area contributed by atoms with E-state index in [1.165, 1.54) is 0 Å². The summed E-state index contributed by atoms with van der Waals surface area (Å²) >= 11 is 0. The topological polar surface area (TPSA) is 35.2 Å². The van der Waals surface area contributed by atoms with Crippen LogP contribution in [0.15, 0.2) is 0 Å². The maximum Gasteiger partial charge on any atom is 0.112 e. The van der Waals surface area contributed by atoms with E-state index in [1.54, 1.807) is 0 Å². The molecule has 0 unspecified atom stereocenters. The molecule has 0 aromatic carbocycles. The van der Waals surface area contributed by atoms with Crippen LogP contribution in [0, 0.1) is 0 Å². The minimum Gasteiger partial charge on any atom is -0.377 e. The minimum absolute atomic E-state index is 0. The van der Waals surface area contributed by atoms with Crippen molar-refractivity contribution in [1.82, 2.24) is 0 Å². The summed E-state index contributed by atoms with van der Waals surface area (Å²) in [7, 11) is 0. The highest BCUT2D eigenvalue weighted by molar-refractivity contribution is 5.85. The van der Waals surface area contributed by atoms with Gasteiger partial charge in [0.05, 0.1) is 18.8 Å². The van der Waals surface area contributed by atoms with Gasteiger partial charge in [0, 0.05) is 0 Å². The molecule has 0 bridgehead atoms. The molecule has 2 N–H and O–H groups in total. The fraction of sp³-hybridized carbons (Fsp3) is 1.00. The Morgan fingerprint density at radius 3 is 2.12 bits per heavy atom. The van der Waals surface area contributed by atoms with E-state index in [0.717, 1.165) is 0 Å². The fourth-order valence-electron chi connectivity index (χ4n) is 0.441. The van der Waals surface area contributed by atoms with Gasteiger partial charge in [-0.05, 0) is 0 Å². The zero-order valence-corrected chi connectivity index (χ0v) is 5.21. The maximum atomic E-state index is 11.6. The zero-order valence-electron chi connectivity index (χ0n) is 4.39. The molecule has 1 aliphatic rings. The first-order chi connectivity index (χ1) is 3.27. The van der Waals surface area contributed by atoms with Gasteiger partial charge in [-0.2, -0.15) is 0 Å². The lowest BCUT2D eigenvalue weighted by Crippen LogP contribution is -2.59. The molecule has 0 aromatic heterocycles. The van der Waals surface area contributed by atoms with Crippen LogP contribution >= 0.6 is 12.4 Å². The molecule has 4 heteroatoms. The molecule has 50 valence electrons. The maximum absolute atomic E-state index is 11.6. The van der Waals surface area contributed by atoms with Gasteiger partial charge in [0.2, 0.25) is 0 Å². The highest BCUT2D eigenvalue weighted by Gasteiger charge is 2.33. The first kappa shape index (κ1) is 8.14. The van der Waals surface area contributed by atoms with Gasteiger partial charge in [0.1, 0.15) is 6.67 Å². The van der Waals surface area contributed by atoms with Crippen molar-refractivity contribution in [2.75, 3.05) is 19.9 Å². The summed E-state index contributed by atoms with van der Waals surface area (Å²) in [6.07, 6.45) is 0. The molecule has 0 aromatic rings. The SMILES string of the molecule is Cl.NC1(CF)COC1. The van der Waals surface area contributed by atoms with Crippen molar-refractivity contribution >= 4 is 12.4 Å². The molecule has 1 aliphatic heterocycles. The van der Waals surface area contributed by atoms with Gasteiger partial charge in [-0.1, -0.05) is 0 Å². The molecule has 1 saturated heterocycles. The van der Waals surface area contributed by atoms with Crippen LogP contribution in [0.1, 0.15) is 0 Å². The Hall–Kier alpha value is 0.140. The summed E-state index contributed by atoms with van der Waals surface area (Å²) in [6.45, 7) is 0.292. The molecule has 0 spiro atoms. The molecule has 0 atom stereocenters. The molecule has 0 amide bonds. The number of hydrogen-bond donors (Lipinski definition) is 1. The van der Waals surface area contributed by atoms with Gasteiger partial charge < -0.3 is 10.5 Å². The fourth-order valence-corrected chi connectivity index (χ4v) is 0.441. The molecule has 0 radical (unpaired) electrons. The van der Waals surface area contributed by atoms with E-state index in [0.29, 0.717) is 13.2 Å². The van der Waals surface area contributed by atoms with Crippen LogP contribution in [0.5, 0.6) is 0 Å². The number of ether oxygens (including phenoxy) is 1. The van der Waals surface area contributed by atoms with Crippen molar-refractivity contribution in [1.29, 1.82) is 0 Å². The lowest BCUT2D eigenvalue weighted by molar-refractivity contribution is -0.0634. The van der Waals surface area contributed by atoms with Crippen LogP contribution in [0.25, 0.3) is 0 Å². The van der Waals surface area contributed by atoms with Crippen LogP contribution in [0.4, 0.5) is 4.39 Å². The number of hydrogen-bond acceptors (Lipinski definition) is 2. The van der Waals surface area contributed by atoms with Crippen LogP contribution in [0.2, 0.25) is 0 Å². The zero-order chi connectivity index (χ0) is 5.33. The van der Waals surface area contributed by atoms with E-state index in [9.17, 15) is 4.39 Å². The van der Waals surface area contributed by atoms with Crippen LogP contribution in [-0.4, -0.2) is 25.4 Å². The van der Waals surface area contributed by atoms with E-state index in [4.69, 9.17) is 5.73 Å². The Balaban J connectivity index is 0.000000490. The summed E-state index contributed by atoms with van der Waals surface area (Å²) in [5.74, 6) is 0. The van der Waals surface area contributed by atoms with Crippen LogP contribution in [0.3, 0.4) is 0 Å². The largest absolute Gasteiger partial charge is 0.377 e.